The first-order chi connectivity index (χ1) is 8.86. The van der Waals surface area contributed by atoms with Crippen LogP contribution in [-0.2, 0) is 11.2 Å². The van der Waals surface area contributed by atoms with E-state index in [1.54, 1.807) is 12.1 Å². The summed E-state index contributed by atoms with van der Waals surface area (Å²) in [5.41, 5.74) is 0.406. The summed E-state index contributed by atoms with van der Waals surface area (Å²) in [5.74, 6) is -1.42. The maximum absolute atomic E-state index is 11.9. The molecule has 104 valence electrons. The van der Waals surface area contributed by atoms with Crippen LogP contribution in [0.3, 0.4) is 0 Å². The number of benzene rings is 1. The van der Waals surface area contributed by atoms with Crippen molar-refractivity contribution in [2.24, 2.45) is 0 Å². The van der Waals surface area contributed by atoms with Gasteiger partial charge in [-0.15, -0.1) is 0 Å². The maximum Gasteiger partial charge on any atom is 0.328 e. The summed E-state index contributed by atoms with van der Waals surface area (Å²) < 4.78 is 0. The summed E-state index contributed by atoms with van der Waals surface area (Å²) >= 11 is 0. The first-order valence-corrected chi connectivity index (χ1v) is 6.51. The molecule has 1 aromatic rings. The molecule has 0 aliphatic carbocycles. The van der Waals surface area contributed by atoms with Crippen LogP contribution in [0.4, 0.5) is 0 Å². The van der Waals surface area contributed by atoms with Crippen molar-refractivity contribution in [1.82, 2.24) is 5.32 Å². The first-order valence-electron chi connectivity index (χ1n) is 6.51. The van der Waals surface area contributed by atoms with E-state index in [1.165, 1.54) is 19.4 Å². The van der Waals surface area contributed by atoms with Gasteiger partial charge in [0.2, 0.25) is 0 Å². The summed E-state index contributed by atoms with van der Waals surface area (Å²) in [4.78, 5) is 22.9. The number of rotatable bonds is 6. The topological polar surface area (TPSA) is 66.4 Å². The molecule has 0 aliphatic rings. The number of aryl methyl sites for hydroxylation is 1. The number of hydrogen-bond acceptors (Lipinski definition) is 2. The van der Waals surface area contributed by atoms with Gasteiger partial charge in [0, 0.05) is 5.56 Å². The number of carboxylic acid groups (broad SMARTS) is 1. The number of amides is 1. The molecule has 0 fully saturated rings. The van der Waals surface area contributed by atoms with Crippen LogP contribution in [0.15, 0.2) is 24.3 Å². The zero-order chi connectivity index (χ0) is 14.5. The Morgan fingerprint density at radius 3 is 2.26 bits per heavy atom. The van der Waals surface area contributed by atoms with Gasteiger partial charge < -0.3 is 10.4 Å². The number of unbranched alkanes of at least 4 members (excludes halogenated alkanes) is 1. The monoisotopic (exact) mass is 263 g/mol. The molecule has 2 N–H and O–H groups in total. The molecule has 1 amide bonds. The van der Waals surface area contributed by atoms with E-state index in [0.29, 0.717) is 5.56 Å². The van der Waals surface area contributed by atoms with Gasteiger partial charge in [-0.25, -0.2) is 4.79 Å². The molecule has 0 spiro atoms. The van der Waals surface area contributed by atoms with Crippen LogP contribution in [0.25, 0.3) is 0 Å². The lowest BCUT2D eigenvalue weighted by atomic mass is 10.0. The third-order valence-corrected chi connectivity index (χ3v) is 3.00. The molecular weight excluding hydrogens is 242 g/mol. The van der Waals surface area contributed by atoms with E-state index in [2.05, 4.69) is 12.2 Å². The molecule has 0 heterocycles. The first kappa shape index (κ1) is 15.2. The van der Waals surface area contributed by atoms with Crippen molar-refractivity contribution in [2.75, 3.05) is 0 Å². The van der Waals surface area contributed by atoms with Crippen molar-refractivity contribution in [3.05, 3.63) is 35.4 Å². The molecule has 4 nitrogen and oxygen atoms in total. The van der Waals surface area contributed by atoms with Gasteiger partial charge in [0.05, 0.1) is 0 Å². The van der Waals surface area contributed by atoms with Crippen molar-refractivity contribution in [2.45, 2.75) is 45.6 Å². The van der Waals surface area contributed by atoms with Crippen LogP contribution in [0, 0.1) is 0 Å². The smallest absolute Gasteiger partial charge is 0.328 e. The Kier molecular flexibility index (Phi) is 5.10. The maximum atomic E-state index is 11.9. The number of hydrogen-bond donors (Lipinski definition) is 2. The Bertz CT molecular complexity index is 449. The number of carbonyl (C=O) groups is 2. The highest BCUT2D eigenvalue weighted by molar-refractivity contribution is 5.97. The molecule has 0 radical (unpaired) electrons. The largest absolute Gasteiger partial charge is 0.480 e. The highest BCUT2D eigenvalue weighted by Gasteiger charge is 2.29. The van der Waals surface area contributed by atoms with Gasteiger partial charge in [-0.05, 0) is 44.4 Å². The molecule has 0 aliphatic heterocycles. The summed E-state index contributed by atoms with van der Waals surface area (Å²) in [6.07, 6.45) is 3.26. The Hall–Kier alpha value is -1.84. The minimum Gasteiger partial charge on any atom is -0.480 e. The molecule has 0 bridgehead atoms. The van der Waals surface area contributed by atoms with E-state index >= 15 is 0 Å². The van der Waals surface area contributed by atoms with Crippen LogP contribution >= 0.6 is 0 Å². The minimum absolute atomic E-state index is 0.366. The molecule has 0 unspecified atom stereocenters. The highest BCUT2D eigenvalue weighted by atomic mass is 16.4. The molecule has 0 saturated carbocycles. The van der Waals surface area contributed by atoms with Gasteiger partial charge in [-0.1, -0.05) is 25.5 Å². The molecule has 0 saturated heterocycles. The predicted molar refractivity (Wildman–Crippen MR) is 74.2 cm³/mol. The summed E-state index contributed by atoms with van der Waals surface area (Å²) in [6.45, 7) is 5.06. The average Bonchev–Trinajstić information content (AvgIpc) is 2.36. The van der Waals surface area contributed by atoms with E-state index in [0.717, 1.165) is 19.3 Å². The van der Waals surface area contributed by atoms with E-state index < -0.39 is 11.5 Å². The van der Waals surface area contributed by atoms with Gasteiger partial charge in [-0.2, -0.15) is 0 Å². The molecule has 19 heavy (non-hydrogen) atoms. The van der Waals surface area contributed by atoms with Crippen LogP contribution in [-0.4, -0.2) is 22.5 Å². The van der Waals surface area contributed by atoms with Gasteiger partial charge in [0.25, 0.3) is 5.91 Å². The molecule has 0 aromatic heterocycles. The Labute approximate surface area is 113 Å². The third-order valence-electron chi connectivity index (χ3n) is 3.00. The number of carbonyl (C=O) groups excluding carboxylic acids is 1. The third kappa shape index (κ3) is 4.39. The second-order valence-electron chi connectivity index (χ2n) is 5.18. The molecule has 1 aromatic carbocycles. The molecule has 4 heteroatoms. The van der Waals surface area contributed by atoms with E-state index in [-0.39, 0.29) is 5.91 Å². The van der Waals surface area contributed by atoms with Crippen molar-refractivity contribution >= 4 is 11.9 Å². The van der Waals surface area contributed by atoms with Crippen LogP contribution in [0.1, 0.15) is 49.5 Å². The lowest BCUT2D eigenvalue weighted by molar-refractivity contribution is -0.143. The van der Waals surface area contributed by atoms with E-state index in [9.17, 15) is 9.59 Å². The normalized spacial score (nSPS) is 11.1. The Morgan fingerprint density at radius 2 is 1.79 bits per heavy atom. The standard InChI is InChI=1S/C15H21NO3/c1-4-5-6-11-7-9-12(10-8-11)13(17)16-15(2,3)14(18)19/h7-10H,4-6H2,1-3H3,(H,16,17)(H,18,19). The van der Waals surface area contributed by atoms with Gasteiger partial charge in [0.15, 0.2) is 0 Å². The predicted octanol–water partition coefficient (Wildman–Crippen LogP) is 2.62. The number of nitrogens with one attached hydrogen (secondary N) is 1. The zero-order valence-corrected chi connectivity index (χ0v) is 11.7. The molecule has 1 rings (SSSR count). The summed E-state index contributed by atoms with van der Waals surface area (Å²) in [7, 11) is 0. The second-order valence-corrected chi connectivity index (χ2v) is 5.18. The zero-order valence-electron chi connectivity index (χ0n) is 11.7. The number of aliphatic carboxylic acids is 1. The van der Waals surface area contributed by atoms with Gasteiger partial charge >= 0.3 is 5.97 Å². The highest BCUT2D eigenvalue weighted by Crippen LogP contribution is 2.10. The van der Waals surface area contributed by atoms with E-state index in [1.807, 2.05) is 12.1 Å². The Morgan fingerprint density at radius 1 is 1.21 bits per heavy atom. The van der Waals surface area contributed by atoms with Crippen molar-refractivity contribution < 1.29 is 14.7 Å². The Balaban J connectivity index is 2.70. The fraction of sp³-hybridized carbons (Fsp3) is 0.467. The van der Waals surface area contributed by atoms with Crippen LogP contribution in [0.5, 0.6) is 0 Å². The number of carboxylic acids is 1. The quantitative estimate of drug-likeness (QED) is 0.829. The van der Waals surface area contributed by atoms with E-state index in [4.69, 9.17) is 5.11 Å². The van der Waals surface area contributed by atoms with Gasteiger partial charge in [-0.3, -0.25) is 4.79 Å². The lowest BCUT2D eigenvalue weighted by Crippen LogP contribution is -2.49. The second kappa shape index (κ2) is 6.36. The molecular formula is C15H21NO3. The fourth-order valence-electron chi connectivity index (χ4n) is 1.61. The van der Waals surface area contributed by atoms with Crippen LogP contribution in [0.2, 0.25) is 0 Å². The summed E-state index contributed by atoms with van der Waals surface area (Å²) in [6, 6.07) is 7.30. The SMILES string of the molecule is CCCCc1ccc(C(=O)NC(C)(C)C(=O)O)cc1. The fourth-order valence-corrected chi connectivity index (χ4v) is 1.61. The van der Waals surface area contributed by atoms with Crippen molar-refractivity contribution in [3.63, 3.8) is 0 Å². The van der Waals surface area contributed by atoms with Crippen LogP contribution < -0.4 is 5.32 Å². The minimum atomic E-state index is -1.27. The molecule has 0 atom stereocenters. The average molecular weight is 263 g/mol. The summed E-state index contributed by atoms with van der Waals surface area (Å²) in [5, 5.41) is 11.5. The van der Waals surface area contributed by atoms with Crippen molar-refractivity contribution in [1.29, 1.82) is 0 Å². The lowest BCUT2D eigenvalue weighted by Gasteiger charge is -2.21. The van der Waals surface area contributed by atoms with Gasteiger partial charge in [0.1, 0.15) is 5.54 Å². The van der Waals surface area contributed by atoms with Crippen molar-refractivity contribution in [3.8, 4) is 0 Å².